The Kier molecular flexibility index (Phi) is 5.61. The number of carboxylic acid groups (broad SMARTS) is 1. The fraction of sp³-hybridized carbons (Fsp3) is 0.500. The minimum Gasteiger partial charge on any atom is -0.480 e. The summed E-state index contributed by atoms with van der Waals surface area (Å²) in [6.45, 7) is 4.05. The highest BCUT2D eigenvalue weighted by Crippen LogP contribution is 2.21. The number of carbonyl (C=O) groups excluding carboxylic acids is 1. The Balaban J connectivity index is 2.17. The van der Waals surface area contributed by atoms with Crippen LogP contribution in [0, 0.1) is 0 Å². The molecule has 1 aliphatic heterocycles. The molecule has 0 aliphatic carbocycles. The maximum Gasteiger partial charge on any atom is 0.326 e. The number of hydrogen-bond acceptors (Lipinski definition) is 4. The van der Waals surface area contributed by atoms with E-state index in [2.05, 4.69) is 4.72 Å². The number of aliphatic carboxylic acids is 1. The summed E-state index contributed by atoms with van der Waals surface area (Å²) >= 11 is 0. The minimum atomic E-state index is -3.63. The molecule has 0 aromatic heterocycles. The van der Waals surface area contributed by atoms with Gasteiger partial charge >= 0.3 is 5.97 Å². The number of nitrogens with zero attached hydrogens (tertiary/aromatic N) is 1. The first-order chi connectivity index (χ1) is 11.3. The summed E-state index contributed by atoms with van der Waals surface area (Å²) in [5.41, 5.74) is 0.283. The van der Waals surface area contributed by atoms with E-state index in [0.717, 1.165) is 0 Å². The summed E-state index contributed by atoms with van der Waals surface area (Å²) in [5, 5.41) is 9.16. The molecule has 2 rings (SSSR count). The zero-order valence-corrected chi connectivity index (χ0v) is 14.5. The number of carboxylic acids is 1. The quantitative estimate of drug-likeness (QED) is 0.805. The van der Waals surface area contributed by atoms with Crippen molar-refractivity contribution in [2.75, 3.05) is 6.54 Å². The Hall–Kier alpha value is -1.93. The van der Waals surface area contributed by atoms with E-state index in [1.165, 1.54) is 29.2 Å². The van der Waals surface area contributed by atoms with Crippen molar-refractivity contribution in [1.82, 2.24) is 9.62 Å². The molecule has 0 saturated carbocycles. The van der Waals surface area contributed by atoms with Crippen LogP contribution in [0.3, 0.4) is 0 Å². The molecule has 0 radical (unpaired) electrons. The van der Waals surface area contributed by atoms with Crippen molar-refractivity contribution in [3.05, 3.63) is 29.8 Å². The van der Waals surface area contributed by atoms with E-state index in [4.69, 9.17) is 5.11 Å². The number of carbonyl (C=O) groups is 2. The molecule has 2 atom stereocenters. The third-order valence-electron chi connectivity index (χ3n) is 4.18. The van der Waals surface area contributed by atoms with Gasteiger partial charge in [0.1, 0.15) is 6.04 Å². The van der Waals surface area contributed by atoms with Crippen LogP contribution in [0.15, 0.2) is 29.2 Å². The Morgan fingerprint density at radius 1 is 1.33 bits per heavy atom. The number of amides is 1. The lowest BCUT2D eigenvalue weighted by Gasteiger charge is -2.21. The van der Waals surface area contributed by atoms with Crippen molar-refractivity contribution in [3.63, 3.8) is 0 Å². The largest absolute Gasteiger partial charge is 0.480 e. The highest BCUT2D eigenvalue weighted by molar-refractivity contribution is 7.89. The van der Waals surface area contributed by atoms with Crippen LogP contribution < -0.4 is 4.72 Å². The summed E-state index contributed by atoms with van der Waals surface area (Å²) in [4.78, 5) is 25.0. The van der Waals surface area contributed by atoms with Gasteiger partial charge in [-0.25, -0.2) is 17.9 Å². The molecule has 1 aromatic rings. The molecule has 8 heteroatoms. The lowest BCUT2D eigenvalue weighted by atomic mass is 10.1. The van der Waals surface area contributed by atoms with E-state index in [-0.39, 0.29) is 16.5 Å². The van der Waals surface area contributed by atoms with Crippen molar-refractivity contribution >= 4 is 21.9 Å². The molecule has 24 heavy (non-hydrogen) atoms. The smallest absolute Gasteiger partial charge is 0.326 e. The van der Waals surface area contributed by atoms with Crippen LogP contribution in [0.25, 0.3) is 0 Å². The zero-order valence-electron chi connectivity index (χ0n) is 13.7. The van der Waals surface area contributed by atoms with Gasteiger partial charge < -0.3 is 10.0 Å². The van der Waals surface area contributed by atoms with Crippen molar-refractivity contribution in [2.45, 2.75) is 50.1 Å². The fourth-order valence-electron chi connectivity index (χ4n) is 2.63. The first kappa shape index (κ1) is 18.4. The molecule has 1 amide bonds. The van der Waals surface area contributed by atoms with Gasteiger partial charge in [0.15, 0.2) is 0 Å². The predicted molar refractivity (Wildman–Crippen MR) is 88.2 cm³/mol. The SMILES string of the molecule is CCC(C)NS(=O)(=O)c1ccc(C(=O)N2CCCC2C(=O)O)cc1. The van der Waals surface area contributed by atoms with Gasteiger partial charge in [-0.2, -0.15) is 0 Å². The monoisotopic (exact) mass is 354 g/mol. The second-order valence-corrected chi connectivity index (χ2v) is 7.66. The van der Waals surface area contributed by atoms with Crippen LogP contribution in [0.5, 0.6) is 0 Å². The van der Waals surface area contributed by atoms with E-state index in [1.807, 2.05) is 6.92 Å². The molecule has 1 aliphatic rings. The molecule has 1 heterocycles. The third-order valence-corrected chi connectivity index (χ3v) is 5.78. The Bertz CT molecular complexity index is 714. The molecule has 132 valence electrons. The molecule has 1 saturated heterocycles. The Labute approximate surface area is 141 Å². The van der Waals surface area contributed by atoms with Crippen LogP contribution in [0.2, 0.25) is 0 Å². The third kappa shape index (κ3) is 3.93. The van der Waals surface area contributed by atoms with E-state index >= 15 is 0 Å². The van der Waals surface area contributed by atoms with Gasteiger partial charge in [-0.15, -0.1) is 0 Å². The van der Waals surface area contributed by atoms with Gasteiger partial charge in [-0.05, 0) is 50.5 Å². The molecule has 1 aromatic carbocycles. The Morgan fingerprint density at radius 2 is 1.96 bits per heavy atom. The maximum atomic E-state index is 12.4. The van der Waals surface area contributed by atoms with Crippen molar-refractivity contribution in [3.8, 4) is 0 Å². The lowest BCUT2D eigenvalue weighted by Crippen LogP contribution is -2.40. The van der Waals surface area contributed by atoms with Crippen molar-refractivity contribution in [1.29, 1.82) is 0 Å². The topological polar surface area (TPSA) is 104 Å². The van der Waals surface area contributed by atoms with Crippen LogP contribution in [0.1, 0.15) is 43.5 Å². The molecule has 0 bridgehead atoms. The lowest BCUT2D eigenvalue weighted by molar-refractivity contribution is -0.141. The molecular formula is C16H22N2O5S. The van der Waals surface area contributed by atoms with Crippen LogP contribution in [-0.2, 0) is 14.8 Å². The minimum absolute atomic E-state index is 0.0792. The second kappa shape index (κ2) is 7.31. The van der Waals surface area contributed by atoms with E-state index < -0.39 is 27.9 Å². The van der Waals surface area contributed by atoms with Crippen molar-refractivity contribution in [2.24, 2.45) is 0 Å². The number of benzene rings is 1. The van der Waals surface area contributed by atoms with Gasteiger partial charge in [0.2, 0.25) is 10.0 Å². The highest BCUT2D eigenvalue weighted by Gasteiger charge is 2.34. The average molecular weight is 354 g/mol. The summed E-state index contributed by atoms with van der Waals surface area (Å²) in [6.07, 6.45) is 1.75. The summed E-state index contributed by atoms with van der Waals surface area (Å²) in [6, 6.07) is 4.58. The standard InChI is InChI=1S/C16H22N2O5S/c1-3-11(2)17-24(22,23)13-8-6-12(7-9-13)15(19)18-10-4-5-14(18)16(20)21/h6-9,11,14,17H,3-5,10H2,1-2H3,(H,20,21). The molecule has 2 N–H and O–H groups in total. The van der Waals surface area contributed by atoms with Gasteiger partial charge in [0.25, 0.3) is 5.91 Å². The van der Waals surface area contributed by atoms with Gasteiger partial charge in [0, 0.05) is 18.2 Å². The molecule has 2 unspecified atom stereocenters. The van der Waals surface area contributed by atoms with E-state index in [0.29, 0.717) is 25.8 Å². The number of likely N-dealkylation sites (tertiary alicyclic amines) is 1. The van der Waals surface area contributed by atoms with E-state index in [9.17, 15) is 18.0 Å². The molecule has 7 nitrogen and oxygen atoms in total. The zero-order chi connectivity index (χ0) is 17.9. The van der Waals surface area contributed by atoms with Gasteiger partial charge in [-0.3, -0.25) is 4.79 Å². The van der Waals surface area contributed by atoms with Crippen LogP contribution in [0.4, 0.5) is 0 Å². The van der Waals surface area contributed by atoms with Crippen LogP contribution >= 0.6 is 0 Å². The summed E-state index contributed by atoms with van der Waals surface area (Å²) < 4.78 is 26.9. The first-order valence-electron chi connectivity index (χ1n) is 7.92. The van der Waals surface area contributed by atoms with Gasteiger partial charge in [-0.1, -0.05) is 6.92 Å². The summed E-state index contributed by atoms with van der Waals surface area (Å²) in [7, 11) is -3.63. The first-order valence-corrected chi connectivity index (χ1v) is 9.40. The fourth-order valence-corrected chi connectivity index (χ4v) is 3.95. The predicted octanol–water partition coefficient (Wildman–Crippen LogP) is 1.45. The molecular weight excluding hydrogens is 332 g/mol. The average Bonchev–Trinajstić information content (AvgIpc) is 3.03. The summed E-state index contributed by atoms with van der Waals surface area (Å²) in [5.74, 6) is -1.41. The number of sulfonamides is 1. The number of hydrogen-bond donors (Lipinski definition) is 2. The Morgan fingerprint density at radius 3 is 2.50 bits per heavy atom. The van der Waals surface area contributed by atoms with Gasteiger partial charge in [0.05, 0.1) is 4.90 Å². The molecule has 0 spiro atoms. The molecule has 1 fully saturated rings. The normalized spacial score (nSPS) is 19.2. The number of nitrogens with one attached hydrogen (secondary N) is 1. The second-order valence-electron chi connectivity index (χ2n) is 5.95. The maximum absolute atomic E-state index is 12.4. The van der Waals surface area contributed by atoms with Crippen molar-refractivity contribution < 1.29 is 23.1 Å². The van der Waals surface area contributed by atoms with E-state index in [1.54, 1.807) is 6.92 Å². The number of rotatable bonds is 6. The van der Waals surface area contributed by atoms with Crippen LogP contribution in [-0.4, -0.2) is 48.9 Å². The highest BCUT2D eigenvalue weighted by atomic mass is 32.2.